The van der Waals surface area contributed by atoms with Crippen LogP contribution in [0.2, 0.25) is 0 Å². The highest BCUT2D eigenvalue weighted by atomic mass is 32.1. The first-order valence-electron chi connectivity index (χ1n) is 8.38. The van der Waals surface area contributed by atoms with Crippen molar-refractivity contribution >= 4 is 21.6 Å². The van der Waals surface area contributed by atoms with Gasteiger partial charge in [0.25, 0.3) is 5.56 Å². The topological polar surface area (TPSA) is 69.2 Å². The van der Waals surface area contributed by atoms with E-state index in [1.54, 1.807) is 11.3 Å². The van der Waals surface area contributed by atoms with E-state index >= 15 is 0 Å². The first-order chi connectivity index (χ1) is 10.9. The van der Waals surface area contributed by atoms with Crippen molar-refractivity contribution in [2.24, 2.45) is 5.41 Å². The SMILES string of the molecule is CC1(C)CN(Cc2nc3sc4c(c3c(=O)[nH]2)CCC4)CCC1O. The van der Waals surface area contributed by atoms with Gasteiger partial charge in [-0.15, -0.1) is 11.3 Å². The minimum absolute atomic E-state index is 0.0145. The summed E-state index contributed by atoms with van der Waals surface area (Å²) in [6.07, 6.45) is 3.77. The molecule has 1 unspecified atom stereocenters. The third-order valence-electron chi connectivity index (χ3n) is 5.25. The van der Waals surface area contributed by atoms with Gasteiger partial charge in [0, 0.05) is 23.4 Å². The molecule has 0 saturated carbocycles. The van der Waals surface area contributed by atoms with E-state index in [1.165, 1.54) is 10.4 Å². The van der Waals surface area contributed by atoms with Gasteiger partial charge in [-0.05, 0) is 31.2 Å². The number of aliphatic hydroxyl groups excluding tert-OH is 1. The number of rotatable bonds is 2. The molecular weight excluding hydrogens is 310 g/mol. The van der Waals surface area contributed by atoms with Crippen molar-refractivity contribution in [2.75, 3.05) is 13.1 Å². The minimum atomic E-state index is -0.256. The van der Waals surface area contributed by atoms with E-state index in [1.807, 2.05) is 0 Å². The van der Waals surface area contributed by atoms with Gasteiger partial charge in [-0.3, -0.25) is 9.69 Å². The van der Waals surface area contributed by atoms with Crippen LogP contribution in [0, 0.1) is 5.41 Å². The van der Waals surface area contributed by atoms with Crippen LogP contribution < -0.4 is 5.56 Å². The summed E-state index contributed by atoms with van der Waals surface area (Å²) in [6, 6.07) is 0. The van der Waals surface area contributed by atoms with Gasteiger partial charge < -0.3 is 10.1 Å². The summed E-state index contributed by atoms with van der Waals surface area (Å²) in [5.41, 5.74) is 1.13. The Balaban J connectivity index is 1.62. The van der Waals surface area contributed by atoms with Crippen LogP contribution in [0.5, 0.6) is 0 Å². The lowest BCUT2D eigenvalue weighted by molar-refractivity contribution is -0.0276. The maximum Gasteiger partial charge on any atom is 0.259 e. The molecule has 0 radical (unpaired) electrons. The third-order valence-corrected chi connectivity index (χ3v) is 6.44. The van der Waals surface area contributed by atoms with Crippen molar-refractivity contribution in [3.05, 3.63) is 26.6 Å². The molecule has 2 aliphatic rings. The number of nitrogens with zero attached hydrogens (tertiary/aromatic N) is 2. The number of hydrogen-bond donors (Lipinski definition) is 2. The van der Waals surface area contributed by atoms with Crippen LogP contribution in [-0.2, 0) is 19.4 Å². The predicted molar refractivity (Wildman–Crippen MR) is 91.9 cm³/mol. The summed E-state index contributed by atoms with van der Waals surface area (Å²) in [5, 5.41) is 10.9. The molecule has 0 amide bonds. The molecule has 0 bridgehead atoms. The fourth-order valence-electron chi connectivity index (χ4n) is 3.92. The van der Waals surface area contributed by atoms with E-state index in [4.69, 9.17) is 4.98 Å². The van der Waals surface area contributed by atoms with Gasteiger partial charge in [-0.2, -0.15) is 0 Å². The number of thiophene rings is 1. The lowest BCUT2D eigenvalue weighted by atomic mass is 9.81. The van der Waals surface area contributed by atoms with Gasteiger partial charge in [0.2, 0.25) is 0 Å². The number of piperidine rings is 1. The molecule has 5 nitrogen and oxygen atoms in total. The van der Waals surface area contributed by atoms with Crippen LogP contribution in [0.3, 0.4) is 0 Å². The number of nitrogens with one attached hydrogen (secondary N) is 1. The van der Waals surface area contributed by atoms with Crippen LogP contribution in [-0.4, -0.2) is 39.2 Å². The fourth-order valence-corrected chi connectivity index (χ4v) is 5.21. The van der Waals surface area contributed by atoms with Crippen molar-refractivity contribution in [3.8, 4) is 0 Å². The van der Waals surface area contributed by atoms with Crippen molar-refractivity contribution in [2.45, 2.75) is 52.2 Å². The fraction of sp³-hybridized carbons (Fsp3) is 0.647. The molecule has 1 aliphatic carbocycles. The molecule has 2 aromatic rings. The van der Waals surface area contributed by atoms with Gasteiger partial charge in [-0.25, -0.2) is 4.98 Å². The zero-order valence-corrected chi connectivity index (χ0v) is 14.5. The van der Waals surface area contributed by atoms with Gasteiger partial charge in [0.1, 0.15) is 10.7 Å². The quantitative estimate of drug-likeness (QED) is 0.883. The van der Waals surface area contributed by atoms with Gasteiger partial charge >= 0.3 is 0 Å². The molecule has 0 aromatic carbocycles. The number of aryl methyl sites for hydroxylation is 2. The van der Waals surface area contributed by atoms with Gasteiger partial charge in [0.15, 0.2) is 0 Å². The lowest BCUT2D eigenvalue weighted by Crippen LogP contribution is -2.48. The second-order valence-electron chi connectivity index (χ2n) is 7.55. The van der Waals surface area contributed by atoms with Crippen LogP contribution >= 0.6 is 11.3 Å². The molecule has 1 aliphatic heterocycles. The zero-order valence-electron chi connectivity index (χ0n) is 13.7. The number of aromatic amines is 1. The van der Waals surface area contributed by atoms with E-state index in [2.05, 4.69) is 23.7 Å². The summed E-state index contributed by atoms with van der Waals surface area (Å²) >= 11 is 1.69. The molecule has 2 aromatic heterocycles. The zero-order chi connectivity index (χ0) is 16.2. The molecule has 124 valence electrons. The van der Waals surface area contributed by atoms with Crippen LogP contribution in [0.25, 0.3) is 10.2 Å². The average molecular weight is 333 g/mol. The van der Waals surface area contributed by atoms with Gasteiger partial charge in [0.05, 0.1) is 18.0 Å². The second kappa shape index (κ2) is 5.40. The largest absolute Gasteiger partial charge is 0.392 e. The van der Waals surface area contributed by atoms with Crippen LogP contribution in [0.1, 0.15) is 43.0 Å². The highest BCUT2D eigenvalue weighted by molar-refractivity contribution is 7.18. The molecule has 1 atom stereocenters. The Morgan fingerprint density at radius 1 is 1.43 bits per heavy atom. The van der Waals surface area contributed by atoms with Crippen LogP contribution in [0.4, 0.5) is 0 Å². The molecule has 6 heteroatoms. The number of aliphatic hydroxyl groups is 1. The van der Waals surface area contributed by atoms with E-state index in [-0.39, 0.29) is 17.1 Å². The molecule has 0 spiro atoms. The molecule has 1 fully saturated rings. The van der Waals surface area contributed by atoms with Crippen molar-refractivity contribution in [3.63, 3.8) is 0 Å². The maximum absolute atomic E-state index is 12.5. The number of fused-ring (bicyclic) bond motifs is 3. The lowest BCUT2D eigenvalue weighted by Gasteiger charge is -2.41. The summed E-state index contributed by atoms with van der Waals surface area (Å²) < 4.78 is 0. The average Bonchev–Trinajstić information content (AvgIpc) is 3.02. The van der Waals surface area contributed by atoms with Crippen LogP contribution in [0.15, 0.2) is 4.79 Å². The van der Waals surface area contributed by atoms with Crippen molar-refractivity contribution in [1.82, 2.24) is 14.9 Å². The Morgan fingerprint density at radius 2 is 2.26 bits per heavy atom. The summed E-state index contributed by atoms with van der Waals surface area (Å²) in [6.45, 7) is 6.48. The van der Waals surface area contributed by atoms with E-state index in [0.29, 0.717) is 6.54 Å². The summed E-state index contributed by atoms with van der Waals surface area (Å²) in [5.74, 6) is 0.745. The third kappa shape index (κ3) is 2.62. The standard InChI is InChI=1S/C17H23N3O2S/c1-17(2)9-20(7-6-12(17)21)8-13-18-15(22)14-10-4-3-5-11(10)23-16(14)19-13/h12,21H,3-9H2,1-2H3,(H,18,19,22). The van der Waals surface area contributed by atoms with Crippen molar-refractivity contribution in [1.29, 1.82) is 0 Å². The Labute approximate surface area is 139 Å². The molecule has 4 rings (SSSR count). The maximum atomic E-state index is 12.5. The first-order valence-corrected chi connectivity index (χ1v) is 9.19. The number of H-pyrrole nitrogens is 1. The number of hydrogen-bond acceptors (Lipinski definition) is 5. The first kappa shape index (κ1) is 15.3. The molecule has 2 N–H and O–H groups in total. The highest BCUT2D eigenvalue weighted by Gasteiger charge is 2.34. The molecular formula is C17H23N3O2S. The van der Waals surface area contributed by atoms with Crippen molar-refractivity contribution < 1.29 is 5.11 Å². The Kier molecular flexibility index (Phi) is 3.59. The van der Waals surface area contributed by atoms with E-state index < -0.39 is 0 Å². The monoisotopic (exact) mass is 333 g/mol. The highest BCUT2D eigenvalue weighted by Crippen LogP contribution is 2.34. The molecule has 23 heavy (non-hydrogen) atoms. The smallest absolute Gasteiger partial charge is 0.259 e. The number of aromatic nitrogens is 2. The Hall–Kier alpha value is -1.24. The van der Waals surface area contributed by atoms with E-state index in [0.717, 1.165) is 54.8 Å². The number of likely N-dealkylation sites (tertiary alicyclic amines) is 1. The molecule has 3 heterocycles. The van der Waals surface area contributed by atoms with E-state index in [9.17, 15) is 9.90 Å². The predicted octanol–water partition coefficient (Wildman–Crippen LogP) is 2.07. The van der Waals surface area contributed by atoms with Gasteiger partial charge in [-0.1, -0.05) is 13.8 Å². The second-order valence-corrected chi connectivity index (χ2v) is 8.64. The minimum Gasteiger partial charge on any atom is -0.392 e. The Morgan fingerprint density at radius 3 is 3.04 bits per heavy atom. The summed E-state index contributed by atoms with van der Waals surface area (Å²) in [4.78, 5) is 24.7. The summed E-state index contributed by atoms with van der Waals surface area (Å²) in [7, 11) is 0. The Bertz CT molecular complexity index is 808. The molecule has 1 saturated heterocycles. The normalized spacial score (nSPS) is 24.2.